The summed E-state index contributed by atoms with van der Waals surface area (Å²) in [6, 6.07) is 6.78. The number of aromatic carboxylic acids is 1. The average molecular weight is 399 g/mol. The molecule has 2 aromatic heterocycles. The quantitative estimate of drug-likeness (QED) is 0.612. The third kappa shape index (κ3) is 3.82. The van der Waals surface area contributed by atoms with Crippen LogP contribution in [0.3, 0.4) is 0 Å². The van der Waals surface area contributed by atoms with E-state index >= 15 is 0 Å². The van der Waals surface area contributed by atoms with Crippen LogP contribution in [0.2, 0.25) is 0 Å². The molecule has 3 aromatic rings. The molecule has 0 aliphatic carbocycles. The van der Waals surface area contributed by atoms with E-state index in [1.165, 1.54) is 4.57 Å². The minimum Gasteiger partial charge on any atom is -0.477 e. The number of hydrogen-bond acceptors (Lipinski definition) is 3. The first-order valence-electron chi connectivity index (χ1n) is 7.37. The number of H-pyrrole nitrogens is 1. The molecule has 0 fully saturated rings. The fourth-order valence-electron chi connectivity index (χ4n) is 2.37. The summed E-state index contributed by atoms with van der Waals surface area (Å²) < 4.78 is 67.7. The van der Waals surface area contributed by atoms with Gasteiger partial charge in [0, 0.05) is 18.6 Å². The molecule has 0 bridgehead atoms. The van der Waals surface area contributed by atoms with Gasteiger partial charge in [-0.2, -0.15) is 13.2 Å². The number of anilines is 1. The van der Waals surface area contributed by atoms with Crippen molar-refractivity contribution in [1.82, 2.24) is 9.55 Å². The highest BCUT2D eigenvalue weighted by molar-refractivity contribution is 7.92. The number of sulfonamides is 1. The van der Waals surface area contributed by atoms with E-state index < -0.39 is 32.6 Å². The van der Waals surface area contributed by atoms with Crippen LogP contribution in [-0.4, -0.2) is 29.0 Å². The van der Waals surface area contributed by atoms with Gasteiger partial charge in [0.25, 0.3) is 10.0 Å². The number of nitrogens with zero attached hydrogens (tertiary/aromatic N) is 1. The molecular formula is C16H12F3N3O4S. The molecule has 0 aliphatic heterocycles. The third-order valence-electron chi connectivity index (χ3n) is 3.65. The van der Waals surface area contributed by atoms with Crippen LogP contribution in [0, 0.1) is 0 Å². The van der Waals surface area contributed by atoms with Gasteiger partial charge in [-0.3, -0.25) is 4.72 Å². The Kier molecular flexibility index (Phi) is 4.47. The van der Waals surface area contributed by atoms with E-state index in [4.69, 9.17) is 5.11 Å². The first-order chi connectivity index (χ1) is 12.6. The number of hydrogen-bond donors (Lipinski definition) is 3. The zero-order valence-corrected chi connectivity index (χ0v) is 14.2. The van der Waals surface area contributed by atoms with Gasteiger partial charge in [-0.25, -0.2) is 13.2 Å². The van der Waals surface area contributed by atoms with Gasteiger partial charge in [0.05, 0.1) is 16.9 Å². The second-order valence-electron chi connectivity index (χ2n) is 5.48. The highest BCUT2D eigenvalue weighted by Gasteiger charge is 2.32. The summed E-state index contributed by atoms with van der Waals surface area (Å²) in [5.74, 6) is -1.37. The number of carboxylic acids is 1. The standard InChI is InChI=1S/C16H12F3N3O4S/c17-16(18,19)10-3-4-14(22-5-1-2-6-22)12(7-10)21-27(25,26)11-8-13(15(23)24)20-9-11/h1-9,20-21H,(H,23,24). The highest BCUT2D eigenvalue weighted by Crippen LogP contribution is 2.34. The Morgan fingerprint density at radius 1 is 1.15 bits per heavy atom. The van der Waals surface area contributed by atoms with Crippen LogP contribution >= 0.6 is 0 Å². The molecule has 2 heterocycles. The van der Waals surface area contributed by atoms with E-state index in [-0.39, 0.29) is 17.1 Å². The Labute approximate surface area is 151 Å². The van der Waals surface area contributed by atoms with E-state index in [1.807, 2.05) is 0 Å². The third-order valence-corrected chi connectivity index (χ3v) is 4.99. The van der Waals surface area contributed by atoms with Crippen molar-refractivity contribution < 1.29 is 31.5 Å². The first-order valence-corrected chi connectivity index (χ1v) is 8.85. The number of halogens is 3. The number of benzene rings is 1. The molecule has 11 heteroatoms. The molecule has 3 N–H and O–H groups in total. The molecule has 142 valence electrons. The highest BCUT2D eigenvalue weighted by atomic mass is 32.2. The maximum absolute atomic E-state index is 13.0. The van der Waals surface area contributed by atoms with Crippen LogP contribution in [0.15, 0.2) is 59.9 Å². The molecule has 0 atom stereocenters. The lowest BCUT2D eigenvalue weighted by Gasteiger charge is -2.16. The first kappa shape index (κ1) is 18.6. The fourth-order valence-corrected chi connectivity index (χ4v) is 3.43. The molecule has 0 spiro atoms. The zero-order valence-electron chi connectivity index (χ0n) is 13.4. The van der Waals surface area contributed by atoms with E-state index in [0.29, 0.717) is 6.07 Å². The van der Waals surface area contributed by atoms with Gasteiger partial charge in [0.1, 0.15) is 10.6 Å². The van der Waals surface area contributed by atoms with Crippen molar-refractivity contribution in [2.24, 2.45) is 0 Å². The Morgan fingerprint density at radius 2 is 1.81 bits per heavy atom. The predicted octanol–water partition coefficient (Wildman–Crippen LogP) is 3.32. The van der Waals surface area contributed by atoms with Crippen LogP contribution in [-0.2, 0) is 16.2 Å². The molecule has 1 aromatic carbocycles. The minimum atomic E-state index is -4.67. The van der Waals surface area contributed by atoms with E-state index in [0.717, 1.165) is 24.4 Å². The summed E-state index contributed by atoms with van der Waals surface area (Å²) in [5, 5.41) is 8.87. The topological polar surface area (TPSA) is 104 Å². The maximum Gasteiger partial charge on any atom is 0.416 e. The van der Waals surface area contributed by atoms with Gasteiger partial charge in [-0.15, -0.1) is 0 Å². The van der Waals surface area contributed by atoms with Gasteiger partial charge in [0.15, 0.2) is 0 Å². The summed E-state index contributed by atoms with van der Waals surface area (Å²) in [7, 11) is -4.33. The number of rotatable bonds is 5. The summed E-state index contributed by atoms with van der Waals surface area (Å²) in [6.07, 6.45) is -0.646. The predicted molar refractivity (Wildman–Crippen MR) is 89.3 cm³/mol. The summed E-state index contributed by atoms with van der Waals surface area (Å²) in [4.78, 5) is 12.7. The Bertz CT molecular complexity index is 1090. The van der Waals surface area contributed by atoms with Crippen LogP contribution in [0.25, 0.3) is 5.69 Å². The maximum atomic E-state index is 13.0. The summed E-state index contributed by atoms with van der Waals surface area (Å²) in [5.41, 5.74) is -1.54. The fraction of sp³-hybridized carbons (Fsp3) is 0.0625. The monoisotopic (exact) mass is 399 g/mol. The van der Waals surface area contributed by atoms with Crippen molar-refractivity contribution in [1.29, 1.82) is 0 Å². The number of nitrogens with one attached hydrogen (secondary N) is 2. The van der Waals surface area contributed by atoms with E-state index in [1.54, 1.807) is 24.5 Å². The molecule has 0 saturated heterocycles. The van der Waals surface area contributed by atoms with Crippen molar-refractivity contribution in [3.8, 4) is 5.69 Å². The Balaban J connectivity index is 2.06. The second kappa shape index (κ2) is 6.50. The molecule has 0 unspecified atom stereocenters. The molecule has 0 radical (unpaired) electrons. The lowest BCUT2D eigenvalue weighted by Crippen LogP contribution is -2.15. The molecule has 0 aliphatic rings. The van der Waals surface area contributed by atoms with Gasteiger partial charge in [-0.1, -0.05) is 0 Å². The number of alkyl halides is 3. The lowest BCUT2D eigenvalue weighted by atomic mass is 10.1. The van der Waals surface area contributed by atoms with E-state index in [2.05, 4.69) is 9.71 Å². The van der Waals surface area contributed by atoms with Crippen molar-refractivity contribution in [3.63, 3.8) is 0 Å². The molecule has 27 heavy (non-hydrogen) atoms. The SMILES string of the molecule is O=C(O)c1cc(S(=O)(=O)Nc2cc(C(F)(F)F)ccc2-n2cccc2)c[nH]1. The largest absolute Gasteiger partial charge is 0.477 e. The number of carbonyl (C=O) groups is 1. The van der Waals surface area contributed by atoms with Crippen molar-refractivity contribution >= 4 is 21.7 Å². The molecular weight excluding hydrogens is 387 g/mol. The smallest absolute Gasteiger partial charge is 0.416 e. The summed E-state index contributed by atoms with van der Waals surface area (Å²) >= 11 is 0. The number of aromatic nitrogens is 2. The van der Waals surface area contributed by atoms with Gasteiger partial charge in [0.2, 0.25) is 0 Å². The van der Waals surface area contributed by atoms with Crippen molar-refractivity contribution in [2.75, 3.05) is 4.72 Å². The second-order valence-corrected chi connectivity index (χ2v) is 7.16. The average Bonchev–Trinajstić information content (AvgIpc) is 3.26. The minimum absolute atomic E-state index is 0.172. The van der Waals surface area contributed by atoms with Crippen LogP contribution < -0.4 is 4.72 Å². The molecule has 3 rings (SSSR count). The summed E-state index contributed by atoms with van der Waals surface area (Å²) in [6.45, 7) is 0. The van der Waals surface area contributed by atoms with Gasteiger partial charge >= 0.3 is 12.1 Å². The Morgan fingerprint density at radius 3 is 2.37 bits per heavy atom. The number of aromatic amines is 1. The van der Waals surface area contributed by atoms with Crippen LogP contribution in [0.4, 0.5) is 18.9 Å². The van der Waals surface area contributed by atoms with Gasteiger partial charge in [-0.05, 0) is 36.4 Å². The van der Waals surface area contributed by atoms with Crippen LogP contribution in [0.5, 0.6) is 0 Å². The van der Waals surface area contributed by atoms with Crippen molar-refractivity contribution in [2.45, 2.75) is 11.1 Å². The number of carboxylic acid groups (broad SMARTS) is 1. The normalized spacial score (nSPS) is 12.1. The molecule has 7 nitrogen and oxygen atoms in total. The van der Waals surface area contributed by atoms with Crippen molar-refractivity contribution in [3.05, 3.63) is 66.2 Å². The lowest BCUT2D eigenvalue weighted by molar-refractivity contribution is -0.137. The van der Waals surface area contributed by atoms with Crippen LogP contribution in [0.1, 0.15) is 16.1 Å². The van der Waals surface area contributed by atoms with E-state index in [9.17, 15) is 26.4 Å². The molecule has 0 saturated carbocycles. The zero-order chi connectivity index (χ0) is 19.8. The molecule has 0 amide bonds. The Hall–Kier alpha value is -3.21. The van der Waals surface area contributed by atoms with Gasteiger partial charge < -0.3 is 14.7 Å².